The first kappa shape index (κ1) is 14.6. The molecule has 2 heterocycles. The molecule has 0 N–H and O–H groups in total. The van der Waals surface area contributed by atoms with Crippen molar-refractivity contribution in [1.29, 1.82) is 0 Å². The Morgan fingerprint density at radius 3 is 2.24 bits per heavy atom. The van der Waals surface area contributed by atoms with E-state index < -0.39 is 0 Å². The summed E-state index contributed by atoms with van der Waals surface area (Å²) >= 11 is 1.70. The van der Waals surface area contributed by atoms with Gasteiger partial charge < -0.3 is 9.80 Å². The standard InChI is InChI=1S/C16H22N2O2S/c1-13(19)17-8-10-18(11-9-17)15(20)16(6-2-3-7-16)14-5-4-12-21-14/h4-5,12H,2-3,6-11H2,1H3. The molecule has 5 heteroatoms. The fourth-order valence-electron chi connectivity index (χ4n) is 3.62. The maximum absolute atomic E-state index is 13.1. The topological polar surface area (TPSA) is 40.6 Å². The van der Waals surface area contributed by atoms with E-state index in [0.29, 0.717) is 26.2 Å². The molecular weight excluding hydrogens is 284 g/mol. The highest BCUT2D eigenvalue weighted by Gasteiger charge is 2.46. The Labute approximate surface area is 129 Å². The van der Waals surface area contributed by atoms with Crippen molar-refractivity contribution in [3.8, 4) is 0 Å². The molecule has 1 aliphatic carbocycles. The van der Waals surface area contributed by atoms with E-state index in [-0.39, 0.29) is 17.2 Å². The number of hydrogen-bond acceptors (Lipinski definition) is 3. The van der Waals surface area contributed by atoms with Gasteiger partial charge >= 0.3 is 0 Å². The molecule has 3 rings (SSSR count). The maximum atomic E-state index is 13.1. The third kappa shape index (κ3) is 2.59. The molecule has 2 aliphatic rings. The zero-order valence-electron chi connectivity index (χ0n) is 12.5. The molecule has 0 atom stereocenters. The minimum absolute atomic E-state index is 0.107. The lowest BCUT2D eigenvalue weighted by molar-refractivity contribution is -0.142. The largest absolute Gasteiger partial charge is 0.339 e. The number of thiophene rings is 1. The van der Waals surface area contributed by atoms with Crippen LogP contribution in [0.2, 0.25) is 0 Å². The van der Waals surface area contributed by atoms with Crippen molar-refractivity contribution >= 4 is 23.2 Å². The summed E-state index contributed by atoms with van der Waals surface area (Å²) in [4.78, 5) is 29.6. The fraction of sp³-hybridized carbons (Fsp3) is 0.625. The van der Waals surface area contributed by atoms with Crippen molar-refractivity contribution in [3.63, 3.8) is 0 Å². The monoisotopic (exact) mass is 306 g/mol. The van der Waals surface area contributed by atoms with Gasteiger partial charge in [-0.2, -0.15) is 0 Å². The molecule has 0 radical (unpaired) electrons. The van der Waals surface area contributed by atoms with Gasteiger partial charge in [0.05, 0.1) is 5.41 Å². The van der Waals surface area contributed by atoms with Gasteiger partial charge in [0.1, 0.15) is 0 Å². The van der Waals surface area contributed by atoms with Gasteiger partial charge in [0.15, 0.2) is 0 Å². The third-order valence-electron chi connectivity index (χ3n) is 4.87. The zero-order valence-corrected chi connectivity index (χ0v) is 13.3. The van der Waals surface area contributed by atoms with E-state index in [2.05, 4.69) is 11.4 Å². The predicted molar refractivity (Wildman–Crippen MR) is 83.3 cm³/mol. The molecule has 4 nitrogen and oxygen atoms in total. The summed E-state index contributed by atoms with van der Waals surface area (Å²) in [5.74, 6) is 0.390. The van der Waals surface area contributed by atoms with Crippen LogP contribution in [0.1, 0.15) is 37.5 Å². The van der Waals surface area contributed by atoms with Crippen LogP contribution in [0, 0.1) is 0 Å². The van der Waals surface area contributed by atoms with E-state index in [9.17, 15) is 9.59 Å². The lowest BCUT2D eigenvalue weighted by Crippen LogP contribution is -2.54. The van der Waals surface area contributed by atoms with Gasteiger partial charge in [-0.25, -0.2) is 0 Å². The van der Waals surface area contributed by atoms with E-state index in [1.54, 1.807) is 18.3 Å². The average molecular weight is 306 g/mol. The summed E-state index contributed by atoms with van der Waals surface area (Å²) in [5.41, 5.74) is -0.285. The molecule has 1 saturated carbocycles. The molecule has 114 valence electrons. The summed E-state index contributed by atoms with van der Waals surface area (Å²) in [6, 6.07) is 4.15. The van der Waals surface area contributed by atoms with Crippen molar-refractivity contribution in [2.75, 3.05) is 26.2 Å². The van der Waals surface area contributed by atoms with Gasteiger partial charge in [-0.3, -0.25) is 9.59 Å². The van der Waals surface area contributed by atoms with Crippen LogP contribution in [0.25, 0.3) is 0 Å². The smallest absolute Gasteiger partial charge is 0.234 e. The predicted octanol–water partition coefficient (Wildman–Crippen LogP) is 2.25. The van der Waals surface area contributed by atoms with Gasteiger partial charge in [0.2, 0.25) is 11.8 Å². The van der Waals surface area contributed by atoms with Crippen LogP contribution >= 0.6 is 11.3 Å². The number of carbonyl (C=O) groups is 2. The highest BCUT2D eigenvalue weighted by Crippen LogP contribution is 2.44. The Morgan fingerprint density at radius 2 is 1.71 bits per heavy atom. The van der Waals surface area contributed by atoms with Crippen LogP contribution < -0.4 is 0 Å². The van der Waals surface area contributed by atoms with Crippen molar-refractivity contribution in [3.05, 3.63) is 22.4 Å². The molecule has 21 heavy (non-hydrogen) atoms. The normalized spacial score (nSPS) is 21.6. The summed E-state index contributed by atoms with van der Waals surface area (Å²) in [6.45, 7) is 4.28. The first-order valence-electron chi connectivity index (χ1n) is 7.72. The zero-order chi connectivity index (χ0) is 14.9. The second-order valence-corrected chi connectivity index (χ2v) is 7.01. The fourth-order valence-corrected chi connectivity index (χ4v) is 4.60. The molecule has 2 fully saturated rings. The first-order valence-corrected chi connectivity index (χ1v) is 8.60. The van der Waals surface area contributed by atoms with Crippen molar-refractivity contribution in [2.45, 2.75) is 38.0 Å². The molecule has 1 aromatic heterocycles. The van der Waals surface area contributed by atoms with Crippen molar-refractivity contribution in [2.24, 2.45) is 0 Å². The Hall–Kier alpha value is -1.36. The Bertz CT molecular complexity index is 512. The molecule has 1 aliphatic heterocycles. The van der Waals surface area contributed by atoms with E-state index in [4.69, 9.17) is 0 Å². The van der Waals surface area contributed by atoms with Crippen LogP contribution in [0.5, 0.6) is 0 Å². The molecule has 0 spiro atoms. The minimum Gasteiger partial charge on any atom is -0.339 e. The van der Waals surface area contributed by atoms with Crippen LogP contribution in [-0.4, -0.2) is 47.8 Å². The van der Waals surface area contributed by atoms with Crippen molar-refractivity contribution in [1.82, 2.24) is 9.80 Å². The Kier molecular flexibility index (Phi) is 4.02. The summed E-state index contributed by atoms with van der Waals surface area (Å²) in [6.07, 6.45) is 4.21. The summed E-state index contributed by atoms with van der Waals surface area (Å²) < 4.78 is 0. The Balaban J connectivity index is 1.76. The molecule has 0 unspecified atom stereocenters. The maximum Gasteiger partial charge on any atom is 0.234 e. The number of rotatable bonds is 2. The van der Waals surface area contributed by atoms with E-state index in [1.165, 1.54) is 4.88 Å². The Morgan fingerprint density at radius 1 is 1.10 bits per heavy atom. The summed E-state index contributed by atoms with van der Waals surface area (Å²) in [5, 5.41) is 2.07. The number of carbonyl (C=O) groups excluding carboxylic acids is 2. The SMILES string of the molecule is CC(=O)N1CCN(C(=O)C2(c3cccs3)CCCC2)CC1. The van der Waals surface area contributed by atoms with Crippen LogP contribution in [0.4, 0.5) is 0 Å². The molecule has 2 amide bonds. The second kappa shape index (κ2) is 5.79. The lowest BCUT2D eigenvalue weighted by Gasteiger charge is -2.39. The second-order valence-electron chi connectivity index (χ2n) is 6.06. The van der Waals surface area contributed by atoms with E-state index >= 15 is 0 Å². The average Bonchev–Trinajstić information content (AvgIpc) is 3.18. The molecule has 0 aromatic carbocycles. The van der Waals surface area contributed by atoms with Gasteiger partial charge in [0.25, 0.3) is 0 Å². The first-order chi connectivity index (χ1) is 10.1. The van der Waals surface area contributed by atoms with Crippen molar-refractivity contribution < 1.29 is 9.59 Å². The van der Waals surface area contributed by atoms with Gasteiger partial charge in [-0.1, -0.05) is 18.9 Å². The van der Waals surface area contributed by atoms with E-state index in [0.717, 1.165) is 25.7 Å². The molecule has 1 saturated heterocycles. The van der Waals surface area contributed by atoms with Crippen LogP contribution in [0.3, 0.4) is 0 Å². The number of hydrogen-bond donors (Lipinski definition) is 0. The minimum atomic E-state index is -0.285. The highest BCUT2D eigenvalue weighted by molar-refractivity contribution is 7.10. The van der Waals surface area contributed by atoms with Crippen LogP contribution in [0.15, 0.2) is 17.5 Å². The number of nitrogens with zero attached hydrogens (tertiary/aromatic N) is 2. The molecule has 0 bridgehead atoms. The lowest BCUT2D eigenvalue weighted by atomic mass is 9.82. The van der Waals surface area contributed by atoms with E-state index in [1.807, 2.05) is 15.9 Å². The summed E-state index contributed by atoms with van der Waals surface area (Å²) in [7, 11) is 0. The highest BCUT2D eigenvalue weighted by atomic mass is 32.1. The quantitative estimate of drug-likeness (QED) is 0.841. The van der Waals surface area contributed by atoms with Gasteiger partial charge in [0, 0.05) is 38.0 Å². The third-order valence-corrected chi connectivity index (χ3v) is 5.95. The van der Waals surface area contributed by atoms with Gasteiger partial charge in [-0.05, 0) is 24.3 Å². The van der Waals surface area contributed by atoms with Gasteiger partial charge in [-0.15, -0.1) is 11.3 Å². The number of amides is 2. The van der Waals surface area contributed by atoms with Crippen LogP contribution in [-0.2, 0) is 15.0 Å². The molecule has 1 aromatic rings. The molecular formula is C16H22N2O2S. The number of piperazine rings is 1.